The van der Waals surface area contributed by atoms with Crippen molar-refractivity contribution in [3.05, 3.63) is 27.7 Å². The number of amides is 2. The fourth-order valence-electron chi connectivity index (χ4n) is 3.40. The zero-order chi connectivity index (χ0) is 17.3. The van der Waals surface area contributed by atoms with E-state index in [0.717, 1.165) is 5.69 Å². The molecule has 2 unspecified atom stereocenters. The maximum atomic E-state index is 12.8. The monoisotopic (exact) mass is 344 g/mol. The third-order valence-corrected chi connectivity index (χ3v) is 4.71. The smallest absolute Gasteiger partial charge is 0.335 e. The molecule has 132 valence electrons. The van der Waals surface area contributed by atoms with Gasteiger partial charge in [0.2, 0.25) is 0 Å². The Hall–Kier alpha value is -2.06. The molecule has 9 heteroatoms. The third kappa shape index (κ3) is 3.70. The highest BCUT2D eigenvalue weighted by molar-refractivity contribution is 5.74. The molecule has 1 fully saturated rings. The zero-order valence-corrected chi connectivity index (χ0v) is 13.0. The number of rotatable bonds is 1. The molecule has 2 N–H and O–H groups in total. The van der Waals surface area contributed by atoms with Gasteiger partial charge in [0.15, 0.2) is 0 Å². The molecule has 0 saturated heterocycles. The first-order chi connectivity index (χ1) is 11.3. The Morgan fingerprint density at radius 3 is 2.92 bits per heavy atom. The van der Waals surface area contributed by atoms with Crippen LogP contribution in [0.4, 0.5) is 18.0 Å². The first-order valence-corrected chi connectivity index (χ1v) is 8.02. The molecule has 3 rings (SSSR count). The van der Waals surface area contributed by atoms with Gasteiger partial charge in [-0.05, 0) is 19.3 Å². The van der Waals surface area contributed by atoms with Crippen molar-refractivity contribution in [3.63, 3.8) is 0 Å². The van der Waals surface area contributed by atoms with Crippen LogP contribution in [-0.2, 0) is 13.0 Å². The van der Waals surface area contributed by atoms with Gasteiger partial charge < -0.3 is 10.2 Å². The van der Waals surface area contributed by atoms with Gasteiger partial charge in [-0.3, -0.25) is 4.79 Å². The molecule has 0 aromatic carbocycles. The number of hydrogen-bond acceptors (Lipinski definition) is 3. The van der Waals surface area contributed by atoms with Gasteiger partial charge in [0.25, 0.3) is 5.56 Å². The van der Waals surface area contributed by atoms with Crippen molar-refractivity contribution in [2.75, 3.05) is 6.54 Å². The Morgan fingerprint density at radius 2 is 2.17 bits per heavy atom. The molecule has 2 aliphatic rings. The first-order valence-electron chi connectivity index (χ1n) is 8.02. The number of aromatic nitrogens is 2. The third-order valence-electron chi connectivity index (χ3n) is 4.71. The Morgan fingerprint density at radius 1 is 1.38 bits per heavy atom. The summed E-state index contributed by atoms with van der Waals surface area (Å²) in [6.45, 7) is 0.667. The average molecular weight is 344 g/mol. The van der Waals surface area contributed by atoms with E-state index in [4.69, 9.17) is 0 Å². The van der Waals surface area contributed by atoms with Crippen LogP contribution in [-0.4, -0.2) is 39.9 Å². The van der Waals surface area contributed by atoms with Crippen LogP contribution < -0.4 is 10.9 Å². The summed E-state index contributed by atoms with van der Waals surface area (Å²) < 4.78 is 38.5. The molecule has 0 radical (unpaired) electrons. The number of nitrogens with one attached hydrogen (secondary N) is 2. The summed E-state index contributed by atoms with van der Waals surface area (Å²) in [7, 11) is 0. The van der Waals surface area contributed by atoms with Crippen molar-refractivity contribution >= 4 is 6.03 Å². The number of carbonyl (C=O) groups excluding carboxylic acids is 1. The van der Waals surface area contributed by atoms with E-state index < -0.39 is 18.1 Å². The minimum atomic E-state index is -4.21. The van der Waals surface area contributed by atoms with Crippen LogP contribution in [0, 0.1) is 5.92 Å². The highest BCUT2D eigenvalue weighted by Gasteiger charge is 2.42. The summed E-state index contributed by atoms with van der Waals surface area (Å²) in [5, 5.41) is 9.02. The standard InChI is InChI=1S/C15H19F3N4O2/c16-15(17,18)10-2-1-3-11(7-10)19-14(24)22-5-4-12-9(8-22)6-13(23)21-20-12/h6,10-11H,1-5,7-8H2,(H,19,24)(H,21,23). The second kappa shape index (κ2) is 6.45. The lowest BCUT2D eigenvalue weighted by atomic mass is 9.85. The number of urea groups is 1. The molecule has 2 amide bonds. The summed E-state index contributed by atoms with van der Waals surface area (Å²) in [5.41, 5.74) is 1.08. The van der Waals surface area contributed by atoms with Crippen LogP contribution in [0.25, 0.3) is 0 Å². The molecule has 24 heavy (non-hydrogen) atoms. The summed E-state index contributed by atoms with van der Waals surface area (Å²) in [5.74, 6) is -1.35. The van der Waals surface area contributed by atoms with E-state index in [9.17, 15) is 22.8 Å². The number of carbonyl (C=O) groups is 1. The van der Waals surface area contributed by atoms with E-state index in [1.165, 1.54) is 11.0 Å². The van der Waals surface area contributed by atoms with Crippen LogP contribution >= 0.6 is 0 Å². The Kier molecular flexibility index (Phi) is 4.51. The molecular weight excluding hydrogens is 325 g/mol. The van der Waals surface area contributed by atoms with E-state index in [1.54, 1.807) is 0 Å². The molecule has 1 saturated carbocycles. The first kappa shape index (κ1) is 16.8. The lowest BCUT2D eigenvalue weighted by Crippen LogP contribution is -2.49. The van der Waals surface area contributed by atoms with Crippen molar-refractivity contribution in [1.82, 2.24) is 20.4 Å². The number of halogens is 3. The molecule has 0 bridgehead atoms. The normalized spacial score (nSPS) is 24.4. The minimum absolute atomic E-state index is 0.0686. The van der Waals surface area contributed by atoms with Crippen LogP contribution in [0.2, 0.25) is 0 Å². The average Bonchev–Trinajstić information content (AvgIpc) is 2.53. The summed E-state index contributed by atoms with van der Waals surface area (Å²) >= 11 is 0. The van der Waals surface area contributed by atoms with Gasteiger partial charge >= 0.3 is 12.2 Å². The van der Waals surface area contributed by atoms with Gasteiger partial charge in [0.05, 0.1) is 11.6 Å². The van der Waals surface area contributed by atoms with E-state index in [-0.39, 0.29) is 31.0 Å². The van der Waals surface area contributed by atoms with E-state index >= 15 is 0 Å². The molecule has 1 aromatic rings. The Balaban J connectivity index is 1.60. The van der Waals surface area contributed by atoms with E-state index in [1.807, 2.05) is 0 Å². The Labute approximate surface area is 136 Å². The maximum absolute atomic E-state index is 12.8. The summed E-state index contributed by atoms with van der Waals surface area (Å²) in [6, 6.07) is 0.563. The minimum Gasteiger partial charge on any atom is -0.335 e. The van der Waals surface area contributed by atoms with Gasteiger partial charge in [-0.25, -0.2) is 9.89 Å². The topological polar surface area (TPSA) is 78.1 Å². The molecule has 1 aliphatic heterocycles. The molecule has 1 aliphatic carbocycles. The number of nitrogens with zero attached hydrogens (tertiary/aromatic N) is 2. The largest absolute Gasteiger partial charge is 0.391 e. The lowest BCUT2D eigenvalue weighted by Gasteiger charge is -2.34. The van der Waals surface area contributed by atoms with Crippen molar-refractivity contribution in [1.29, 1.82) is 0 Å². The van der Waals surface area contributed by atoms with E-state index in [0.29, 0.717) is 31.4 Å². The molecule has 1 aromatic heterocycles. The summed E-state index contributed by atoms with van der Waals surface area (Å²) in [4.78, 5) is 25.2. The fourth-order valence-corrected chi connectivity index (χ4v) is 3.40. The summed E-state index contributed by atoms with van der Waals surface area (Å²) in [6.07, 6.45) is -2.63. The van der Waals surface area contributed by atoms with Crippen LogP contribution in [0.1, 0.15) is 36.9 Å². The lowest BCUT2D eigenvalue weighted by molar-refractivity contribution is -0.183. The predicted octanol–water partition coefficient (Wildman–Crippen LogP) is 1.96. The predicted molar refractivity (Wildman–Crippen MR) is 79.3 cm³/mol. The fraction of sp³-hybridized carbons (Fsp3) is 0.667. The maximum Gasteiger partial charge on any atom is 0.391 e. The highest BCUT2D eigenvalue weighted by Crippen LogP contribution is 2.37. The number of hydrogen-bond donors (Lipinski definition) is 2. The van der Waals surface area contributed by atoms with Crippen LogP contribution in [0.5, 0.6) is 0 Å². The van der Waals surface area contributed by atoms with Crippen LogP contribution in [0.3, 0.4) is 0 Å². The van der Waals surface area contributed by atoms with Crippen molar-refractivity contribution < 1.29 is 18.0 Å². The molecule has 6 nitrogen and oxygen atoms in total. The SMILES string of the molecule is O=C(NC1CCCC(C(F)(F)F)C1)N1CCc2n[nH]c(=O)cc2C1. The molecular formula is C15H19F3N4O2. The Bertz CT molecular complexity index is 673. The molecule has 2 atom stereocenters. The zero-order valence-electron chi connectivity index (χ0n) is 13.0. The number of alkyl halides is 3. The van der Waals surface area contributed by atoms with Crippen molar-refractivity contribution in [2.45, 2.75) is 50.9 Å². The van der Waals surface area contributed by atoms with Gasteiger partial charge in [0, 0.05) is 37.2 Å². The van der Waals surface area contributed by atoms with E-state index in [2.05, 4.69) is 15.5 Å². The highest BCUT2D eigenvalue weighted by atomic mass is 19.4. The number of H-pyrrole nitrogens is 1. The van der Waals surface area contributed by atoms with Gasteiger partial charge in [-0.2, -0.15) is 18.3 Å². The van der Waals surface area contributed by atoms with Crippen molar-refractivity contribution in [3.8, 4) is 0 Å². The molecule has 0 spiro atoms. The van der Waals surface area contributed by atoms with Gasteiger partial charge in [-0.1, -0.05) is 6.42 Å². The molecule has 2 heterocycles. The second-order valence-corrected chi connectivity index (χ2v) is 6.43. The quantitative estimate of drug-likeness (QED) is 0.817. The van der Waals surface area contributed by atoms with Gasteiger partial charge in [-0.15, -0.1) is 0 Å². The number of fused-ring (bicyclic) bond motifs is 1. The number of aromatic amines is 1. The van der Waals surface area contributed by atoms with Gasteiger partial charge in [0.1, 0.15) is 0 Å². The van der Waals surface area contributed by atoms with Crippen molar-refractivity contribution in [2.24, 2.45) is 5.92 Å². The second-order valence-electron chi connectivity index (χ2n) is 6.43. The van der Waals surface area contributed by atoms with Crippen LogP contribution in [0.15, 0.2) is 10.9 Å².